The molecule has 0 aromatic carbocycles. The van der Waals surface area contributed by atoms with Gasteiger partial charge in [-0.1, -0.05) is 25.4 Å². The zero-order chi connectivity index (χ0) is 12.5. The summed E-state index contributed by atoms with van der Waals surface area (Å²) in [6, 6.07) is 3.31. The first-order valence-corrected chi connectivity index (χ1v) is 6.27. The zero-order valence-corrected chi connectivity index (χ0v) is 11.0. The van der Waals surface area contributed by atoms with Crippen molar-refractivity contribution >= 4 is 17.5 Å². The number of carbonyl (C=O) groups is 1. The van der Waals surface area contributed by atoms with Crippen molar-refractivity contribution in [3.63, 3.8) is 0 Å². The van der Waals surface area contributed by atoms with Gasteiger partial charge in [0.2, 0.25) is 0 Å². The number of pyridine rings is 1. The van der Waals surface area contributed by atoms with E-state index >= 15 is 0 Å². The first-order chi connectivity index (χ1) is 7.98. The number of hydrogen-bond donors (Lipinski definition) is 0. The molecule has 0 spiro atoms. The molecule has 1 aromatic heterocycles. The molecular formula is C13H17ClN2O. The molecule has 1 aliphatic rings. The number of carbonyl (C=O) groups excluding carboxylic acids is 1. The predicted molar refractivity (Wildman–Crippen MR) is 68.2 cm³/mol. The fourth-order valence-electron chi connectivity index (χ4n) is 2.00. The lowest BCUT2D eigenvalue weighted by Gasteiger charge is -2.36. The molecule has 0 unspecified atom stereocenters. The topological polar surface area (TPSA) is 33.2 Å². The van der Waals surface area contributed by atoms with Crippen LogP contribution >= 0.6 is 11.6 Å². The lowest BCUT2D eigenvalue weighted by atomic mass is 9.82. The summed E-state index contributed by atoms with van der Waals surface area (Å²) < 4.78 is 0. The van der Waals surface area contributed by atoms with E-state index in [1.165, 1.54) is 0 Å². The number of rotatable bonds is 1. The highest BCUT2D eigenvalue weighted by molar-refractivity contribution is 6.30. The Hall–Kier alpha value is -1.09. The number of halogens is 1. The largest absolute Gasteiger partial charge is 0.337 e. The third kappa shape index (κ3) is 2.97. The van der Waals surface area contributed by atoms with Gasteiger partial charge in [0.25, 0.3) is 5.91 Å². The van der Waals surface area contributed by atoms with Crippen molar-refractivity contribution in [2.24, 2.45) is 5.41 Å². The third-order valence-electron chi connectivity index (χ3n) is 3.35. The van der Waals surface area contributed by atoms with Crippen molar-refractivity contribution in [1.82, 2.24) is 9.88 Å². The van der Waals surface area contributed by atoms with Crippen molar-refractivity contribution in [2.75, 3.05) is 13.1 Å². The van der Waals surface area contributed by atoms with Gasteiger partial charge in [-0.05, 0) is 30.4 Å². The average molecular weight is 253 g/mol. The Balaban J connectivity index is 2.07. The molecule has 1 aromatic rings. The van der Waals surface area contributed by atoms with Gasteiger partial charge < -0.3 is 4.90 Å². The third-order valence-corrected chi connectivity index (χ3v) is 3.58. The maximum atomic E-state index is 12.2. The molecule has 0 radical (unpaired) electrons. The number of hydrogen-bond acceptors (Lipinski definition) is 2. The molecule has 0 bridgehead atoms. The van der Waals surface area contributed by atoms with Crippen LogP contribution in [0.1, 0.15) is 37.2 Å². The smallest absolute Gasteiger partial charge is 0.272 e. The van der Waals surface area contributed by atoms with Gasteiger partial charge in [0, 0.05) is 24.3 Å². The Labute approximate surface area is 107 Å². The molecule has 0 atom stereocenters. The van der Waals surface area contributed by atoms with E-state index in [2.05, 4.69) is 18.8 Å². The van der Waals surface area contributed by atoms with Gasteiger partial charge in [-0.2, -0.15) is 0 Å². The minimum Gasteiger partial charge on any atom is -0.337 e. The molecule has 0 aliphatic carbocycles. The number of piperidine rings is 1. The molecule has 17 heavy (non-hydrogen) atoms. The van der Waals surface area contributed by atoms with Gasteiger partial charge in [-0.25, -0.2) is 0 Å². The standard InChI is InChI=1S/C13H17ClN2O/c1-13(2)4-7-16(8-5-13)12(17)11-9-10(14)3-6-15-11/h3,6,9H,4-5,7-8H2,1-2H3. The summed E-state index contributed by atoms with van der Waals surface area (Å²) in [7, 11) is 0. The van der Waals surface area contributed by atoms with Gasteiger partial charge in [0.15, 0.2) is 0 Å². The van der Waals surface area contributed by atoms with Crippen molar-refractivity contribution in [3.8, 4) is 0 Å². The second kappa shape index (κ2) is 4.65. The lowest BCUT2D eigenvalue weighted by molar-refractivity contribution is 0.0624. The molecule has 0 saturated carbocycles. The van der Waals surface area contributed by atoms with Crippen LogP contribution in [0.2, 0.25) is 5.02 Å². The van der Waals surface area contributed by atoms with E-state index in [0.29, 0.717) is 16.1 Å². The van der Waals surface area contributed by atoms with Crippen LogP contribution in [0.3, 0.4) is 0 Å². The van der Waals surface area contributed by atoms with Crippen molar-refractivity contribution in [2.45, 2.75) is 26.7 Å². The molecule has 1 fully saturated rings. The molecule has 2 rings (SSSR count). The fraction of sp³-hybridized carbons (Fsp3) is 0.538. The van der Waals surface area contributed by atoms with Crippen LogP contribution in [-0.4, -0.2) is 28.9 Å². The minimum atomic E-state index is -0.0111. The first kappa shape index (κ1) is 12.4. The van der Waals surface area contributed by atoms with E-state index in [-0.39, 0.29) is 5.91 Å². The second-order valence-electron chi connectivity index (χ2n) is 5.32. The highest BCUT2D eigenvalue weighted by atomic mass is 35.5. The van der Waals surface area contributed by atoms with E-state index in [9.17, 15) is 4.79 Å². The van der Waals surface area contributed by atoms with E-state index in [4.69, 9.17) is 11.6 Å². The van der Waals surface area contributed by atoms with Crippen molar-refractivity contribution in [1.29, 1.82) is 0 Å². The molecule has 1 saturated heterocycles. The van der Waals surface area contributed by atoms with Crippen LogP contribution in [0, 0.1) is 5.41 Å². The van der Waals surface area contributed by atoms with Gasteiger partial charge in [0.1, 0.15) is 5.69 Å². The average Bonchev–Trinajstić information content (AvgIpc) is 2.28. The summed E-state index contributed by atoms with van der Waals surface area (Å²) in [6.45, 7) is 6.10. The van der Waals surface area contributed by atoms with Crippen LogP contribution in [0.5, 0.6) is 0 Å². The quantitative estimate of drug-likeness (QED) is 0.770. The number of nitrogens with zero attached hydrogens (tertiary/aromatic N) is 2. The van der Waals surface area contributed by atoms with Crippen LogP contribution in [0.4, 0.5) is 0 Å². The molecule has 3 nitrogen and oxygen atoms in total. The van der Waals surface area contributed by atoms with Gasteiger partial charge in [0.05, 0.1) is 0 Å². The van der Waals surface area contributed by atoms with Crippen LogP contribution < -0.4 is 0 Å². The van der Waals surface area contributed by atoms with Crippen LogP contribution in [0.15, 0.2) is 18.3 Å². The summed E-state index contributed by atoms with van der Waals surface area (Å²) >= 11 is 5.86. The van der Waals surface area contributed by atoms with Crippen molar-refractivity contribution < 1.29 is 4.79 Å². The Morgan fingerprint density at radius 1 is 1.41 bits per heavy atom. The maximum absolute atomic E-state index is 12.2. The molecule has 2 heterocycles. The summed E-state index contributed by atoms with van der Waals surface area (Å²) in [5.41, 5.74) is 0.788. The lowest BCUT2D eigenvalue weighted by Crippen LogP contribution is -2.41. The highest BCUT2D eigenvalue weighted by Crippen LogP contribution is 2.30. The highest BCUT2D eigenvalue weighted by Gasteiger charge is 2.28. The number of likely N-dealkylation sites (tertiary alicyclic amines) is 1. The molecule has 0 N–H and O–H groups in total. The van der Waals surface area contributed by atoms with E-state index < -0.39 is 0 Å². The van der Waals surface area contributed by atoms with E-state index in [0.717, 1.165) is 25.9 Å². The Bertz CT molecular complexity index is 421. The minimum absolute atomic E-state index is 0.0111. The predicted octanol–water partition coefficient (Wildman–Crippen LogP) is 3.00. The fourth-order valence-corrected chi connectivity index (χ4v) is 2.16. The molecule has 1 amide bonds. The maximum Gasteiger partial charge on any atom is 0.272 e. The summed E-state index contributed by atoms with van der Waals surface area (Å²) in [5, 5.41) is 0.556. The van der Waals surface area contributed by atoms with Crippen LogP contribution in [-0.2, 0) is 0 Å². The molecule has 92 valence electrons. The monoisotopic (exact) mass is 252 g/mol. The van der Waals surface area contributed by atoms with Crippen LogP contribution in [0.25, 0.3) is 0 Å². The van der Waals surface area contributed by atoms with Gasteiger partial charge in [-0.3, -0.25) is 9.78 Å². The Morgan fingerprint density at radius 2 is 2.06 bits per heavy atom. The molecular weight excluding hydrogens is 236 g/mol. The number of amides is 1. The second-order valence-corrected chi connectivity index (χ2v) is 5.75. The Morgan fingerprint density at radius 3 is 2.65 bits per heavy atom. The first-order valence-electron chi connectivity index (χ1n) is 5.89. The van der Waals surface area contributed by atoms with Gasteiger partial charge >= 0.3 is 0 Å². The summed E-state index contributed by atoms with van der Waals surface area (Å²) in [4.78, 5) is 18.1. The Kier molecular flexibility index (Phi) is 3.38. The number of aromatic nitrogens is 1. The van der Waals surface area contributed by atoms with E-state index in [1.807, 2.05) is 4.90 Å². The normalized spacial score (nSPS) is 19.1. The molecule has 4 heteroatoms. The summed E-state index contributed by atoms with van der Waals surface area (Å²) in [5.74, 6) is -0.0111. The van der Waals surface area contributed by atoms with E-state index in [1.54, 1.807) is 18.3 Å². The SMILES string of the molecule is CC1(C)CCN(C(=O)c2cc(Cl)ccn2)CC1. The summed E-state index contributed by atoms with van der Waals surface area (Å²) in [6.07, 6.45) is 3.65. The van der Waals surface area contributed by atoms with Crippen molar-refractivity contribution in [3.05, 3.63) is 29.0 Å². The zero-order valence-electron chi connectivity index (χ0n) is 10.2. The molecule has 1 aliphatic heterocycles. The van der Waals surface area contributed by atoms with Gasteiger partial charge in [-0.15, -0.1) is 0 Å².